The van der Waals surface area contributed by atoms with E-state index in [0.717, 1.165) is 29.9 Å². The minimum Gasteiger partial charge on any atom is -0.383 e. The fraction of sp³-hybridized carbons (Fsp3) is 0.308. The number of aromatic nitrogens is 2. The molecule has 0 fully saturated rings. The van der Waals surface area contributed by atoms with Crippen molar-refractivity contribution < 1.29 is 4.74 Å². The number of hydrogen-bond donors (Lipinski definition) is 1. The molecule has 2 rings (SSSR count). The molecule has 96 valence electrons. The lowest BCUT2D eigenvalue weighted by molar-refractivity contribution is 0.199. The Balaban J connectivity index is 2.01. The summed E-state index contributed by atoms with van der Waals surface area (Å²) in [5.74, 6) is 0. The number of nitrogens with zero attached hydrogens (tertiary/aromatic N) is 2. The highest BCUT2D eigenvalue weighted by Gasteiger charge is 2.02. The molecule has 4 nitrogen and oxygen atoms in total. The van der Waals surface area contributed by atoms with Gasteiger partial charge in [-0.05, 0) is 17.7 Å². The van der Waals surface area contributed by atoms with Crippen molar-refractivity contribution in [3.05, 3.63) is 47.0 Å². The zero-order valence-electron chi connectivity index (χ0n) is 10.3. The van der Waals surface area contributed by atoms with Crippen LogP contribution in [0.2, 0.25) is 0 Å². The topological polar surface area (TPSA) is 39.1 Å². The summed E-state index contributed by atoms with van der Waals surface area (Å²) in [5, 5.41) is 3.32. The number of hydrogen-bond acceptors (Lipinski definition) is 3. The molecule has 0 spiro atoms. The predicted octanol–water partition coefficient (Wildman–Crippen LogP) is 2.37. The van der Waals surface area contributed by atoms with Crippen molar-refractivity contribution in [3.63, 3.8) is 0 Å². The molecule has 0 amide bonds. The van der Waals surface area contributed by atoms with Gasteiger partial charge >= 0.3 is 0 Å². The molecule has 1 N–H and O–H groups in total. The molecule has 0 aliphatic carbocycles. The molecule has 0 saturated heterocycles. The lowest BCUT2D eigenvalue weighted by Gasteiger charge is -2.09. The molecule has 0 radical (unpaired) electrons. The normalized spacial score (nSPS) is 10.8. The molecule has 1 aromatic carbocycles. The standard InChI is InChI=1S/C13H16BrN3O/c1-18-7-5-15-9-11-2-3-12(8-13(11)14)17-6-4-16-10-17/h2-4,6,8,10,15H,5,7,9H2,1H3. The van der Waals surface area contributed by atoms with Crippen molar-refractivity contribution >= 4 is 15.9 Å². The van der Waals surface area contributed by atoms with Crippen LogP contribution < -0.4 is 5.32 Å². The van der Waals surface area contributed by atoms with Crippen LogP contribution in [0.4, 0.5) is 0 Å². The van der Waals surface area contributed by atoms with Gasteiger partial charge in [0, 0.05) is 42.8 Å². The van der Waals surface area contributed by atoms with Crippen LogP contribution in [0, 0.1) is 0 Å². The fourth-order valence-electron chi connectivity index (χ4n) is 1.65. The maximum atomic E-state index is 4.99. The summed E-state index contributed by atoms with van der Waals surface area (Å²) in [5.41, 5.74) is 2.33. The van der Waals surface area contributed by atoms with Gasteiger partial charge in [-0.3, -0.25) is 0 Å². The maximum absolute atomic E-state index is 4.99. The third kappa shape index (κ3) is 3.41. The van der Waals surface area contributed by atoms with Crippen LogP contribution in [-0.2, 0) is 11.3 Å². The molecule has 0 atom stereocenters. The maximum Gasteiger partial charge on any atom is 0.0991 e. The molecule has 5 heteroatoms. The van der Waals surface area contributed by atoms with Crippen LogP contribution >= 0.6 is 15.9 Å². The lowest BCUT2D eigenvalue weighted by atomic mass is 10.2. The average Bonchev–Trinajstić information content (AvgIpc) is 2.90. The van der Waals surface area contributed by atoms with Crippen molar-refractivity contribution in [3.8, 4) is 5.69 Å². The summed E-state index contributed by atoms with van der Waals surface area (Å²) in [6.07, 6.45) is 5.49. The molecule has 0 aliphatic rings. The van der Waals surface area contributed by atoms with Gasteiger partial charge in [0.2, 0.25) is 0 Å². The van der Waals surface area contributed by atoms with Crippen LogP contribution in [0.1, 0.15) is 5.56 Å². The summed E-state index contributed by atoms with van der Waals surface area (Å²) in [6, 6.07) is 6.29. The van der Waals surface area contributed by atoms with E-state index in [-0.39, 0.29) is 0 Å². The Morgan fingerprint density at radius 3 is 3.00 bits per heavy atom. The first kappa shape index (κ1) is 13.3. The first-order valence-corrected chi connectivity index (χ1v) is 6.57. The summed E-state index contributed by atoms with van der Waals surface area (Å²) < 4.78 is 8.07. The Bertz CT molecular complexity index is 485. The number of nitrogens with one attached hydrogen (secondary N) is 1. The molecular formula is C13H16BrN3O. The summed E-state index contributed by atoms with van der Waals surface area (Å²) in [4.78, 5) is 4.04. The highest BCUT2D eigenvalue weighted by molar-refractivity contribution is 9.10. The van der Waals surface area contributed by atoms with Crippen LogP contribution in [0.25, 0.3) is 5.69 Å². The second-order valence-corrected chi connectivity index (χ2v) is 4.77. The van der Waals surface area contributed by atoms with E-state index in [1.54, 1.807) is 19.6 Å². The van der Waals surface area contributed by atoms with Gasteiger partial charge in [0.15, 0.2) is 0 Å². The highest BCUT2D eigenvalue weighted by Crippen LogP contribution is 2.20. The molecule has 0 bridgehead atoms. The summed E-state index contributed by atoms with van der Waals surface area (Å²) in [6.45, 7) is 2.41. The van der Waals surface area contributed by atoms with Gasteiger partial charge in [-0.1, -0.05) is 22.0 Å². The third-order valence-electron chi connectivity index (χ3n) is 2.64. The van der Waals surface area contributed by atoms with Crippen LogP contribution in [0.3, 0.4) is 0 Å². The second kappa shape index (κ2) is 6.68. The molecular weight excluding hydrogens is 294 g/mol. The van der Waals surface area contributed by atoms with E-state index >= 15 is 0 Å². The zero-order valence-corrected chi connectivity index (χ0v) is 11.9. The molecule has 2 aromatic rings. The van der Waals surface area contributed by atoms with E-state index in [4.69, 9.17) is 4.74 Å². The number of imidazole rings is 1. The summed E-state index contributed by atoms with van der Waals surface area (Å²) in [7, 11) is 1.71. The van der Waals surface area contributed by atoms with E-state index < -0.39 is 0 Å². The quantitative estimate of drug-likeness (QED) is 0.833. The van der Waals surface area contributed by atoms with E-state index in [2.05, 4.69) is 44.4 Å². The van der Waals surface area contributed by atoms with Gasteiger partial charge in [-0.2, -0.15) is 0 Å². The van der Waals surface area contributed by atoms with Crippen molar-refractivity contribution in [1.29, 1.82) is 0 Å². The lowest BCUT2D eigenvalue weighted by Crippen LogP contribution is -2.18. The van der Waals surface area contributed by atoms with Gasteiger partial charge in [0.1, 0.15) is 0 Å². The Morgan fingerprint density at radius 2 is 2.33 bits per heavy atom. The van der Waals surface area contributed by atoms with E-state index in [1.165, 1.54) is 5.56 Å². The molecule has 0 unspecified atom stereocenters. The predicted molar refractivity (Wildman–Crippen MR) is 74.8 cm³/mol. The minimum absolute atomic E-state index is 0.727. The molecule has 1 heterocycles. The van der Waals surface area contributed by atoms with E-state index in [1.807, 2.05) is 10.8 Å². The van der Waals surface area contributed by atoms with Gasteiger partial charge < -0.3 is 14.6 Å². The Labute approximate surface area is 115 Å². The van der Waals surface area contributed by atoms with Crippen LogP contribution in [0.5, 0.6) is 0 Å². The first-order valence-electron chi connectivity index (χ1n) is 5.77. The molecule has 18 heavy (non-hydrogen) atoms. The SMILES string of the molecule is COCCNCc1ccc(-n2ccnc2)cc1Br. The zero-order chi connectivity index (χ0) is 12.8. The Hall–Kier alpha value is -1.17. The molecule has 0 aliphatic heterocycles. The number of benzene rings is 1. The van der Waals surface area contributed by atoms with Crippen molar-refractivity contribution in [2.24, 2.45) is 0 Å². The smallest absolute Gasteiger partial charge is 0.0991 e. The first-order chi connectivity index (χ1) is 8.81. The fourth-order valence-corrected chi connectivity index (χ4v) is 2.16. The van der Waals surface area contributed by atoms with Gasteiger partial charge in [0.05, 0.1) is 12.9 Å². The van der Waals surface area contributed by atoms with Gasteiger partial charge in [0.25, 0.3) is 0 Å². The Kier molecular flexibility index (Phi) is 4.92. The number of halogens is 1. The van der Waals surface area contributed by atoms with Gasteiger partial charge in [-0.25, -0.2) is 4.98 Å². The van der Waals surface area contributed by atoms with Crippen molar-refractivity contribution in [2.75, 3.05) is 20.3 Å². The Morgan fingerprint density at radius 1 is 1.44 bits per heavy atom. The monoisotopic (exact) mass is 309 g/mol. The van der Waals surface area contributed by atoms with Crippen LogP contribution in [-0.4, -0.2) is 29.8 Å². The highest BCUT2D eigenvalue weighted by atomic mass is 79.9. The molecule has 0 saturated carbocycles. The number of rotatable bonds is 6. The van der Waals surface area contributed by atoms with Crippen molar-refractivity contribution in [2.45, 2.75) is 6.54 Å². The average molecular weight is 310 g/mol. The number of ether oxygens (including phenoxy) is 1. The van der Waals surface area contributed by atoms with Crippen LogP contribution in [0.15, 0.2) is 41.4 Å². The molecule has 1 aromatic heterocycles. The second-order valence-electron chi connectivity index (χ2n) is 3.92. The van der Waals surface area contributed by atoms with E-state index in [0.29, 0.717) is 0 Å². The van der Waals surface area contributed by atoms with E-state index in [9.17, 15) is 0 Å². The summed E-state index contributed by atoms with van der Waals surface area (Å²) >= 11 is 3.60. The minimum atomic E-state index is 0.727. The number of methoxy groups -OCH3 is 1. The largest absolute Gasteiger partial charge is 0.383 e. The van der Waals surface area contributed by atoms with Crippen molar-refractivity contribution in [1.82, 2.24) is 14.9 Å². The third-order valence-corrected chi connectivity index (χ3v) is 3.38. The van der Waals surface area contributed by atoms with Gasteiger partial charge in [-0.15, -0.1) is 0 Å².